The lowest BCUT2D eigenvalue weighted by Gasteiger charge is -2.09. The van der Waals surface area contributed by atoms with Crippen LogP contribution in [0.2, 0.25) is 0 Å². The van der Waals surface area contributed by atoms with Crippen molar-refractivity contribution in [2.45, 2.75) is 19.8 Å². The van der Waals surface area contributed by atoms with Crippen LogP contribution in [-0.2, 0) is 4.74 Å². The highest BCUT2D eigenvalue weighted by Crippen LogP contribution is 2.28. The monoisotopic (exact) mass is 276 g/mol. The number of anilines is 2. The minimum atomic E-state index is 0.591. The average molecular weight is 276 g/mol. The fraction of sp³-hybridized carbons (Fsp3) is 0.615. The number of fused-ring (bicyclic) bond motifs is 1. The average Bonchev–Trinajstić information content (AvgIpc) is 3.14. The highest BCUT2D eigenvalue weighted by atomic mass is 16.5. The molecule has 0 unspecified atom stereocenters. The molecule has 0 spiro atoms. The molecular formula is C13H20N6O. The summed E-state index contributed by atoms with van der Waals surface area (Å²) in [4.78, 5) is 16.0. The number of aromatic amines is 1. The Balaban J connectivity index is 1.60. The molecule has 0 amide bonds. The summed E-state index contributed by atoms with van der Waals surface area (Å²) in [5, 5.41) is 6.39. The Hall–Kier alpha value is -1.89. The van der Waals surface area contributed by atoms with Crippen LogP contribution in [0.1, 0.15) is 19.8 Å². The van der Waals surface area contributed by atoms with E-state index in [0.29, 0.717) is 18.2 Å². The van der Waals surface area contributed by atoms with E-state index in [9.17, 15) is 0 Å². The molecule has 0 bridgehead atoms. The third kappa shape index (κ3) is 3.16. The third-order valence-corrected chi connectivity index (χ3v) is 3.21. The van der Waals surface area contributed by atoms with E-state index in [2.05, 4.69) is 30.6 Å². The Bertz CT molecular complexity index is 565. The van der Waals surface area contributed by atoms with Crippen molar-refractivity contribution in [2.24, 2.45) is 5.92 Å². The topological polar surface area (TPSA) is 87.8 Å². The Morgan fingerprint density at radius 2 is 2.25 bits per heavy atom. The summed E-state index contributed by atoms with van der Waals surface area (Å²) in [7, 11) is 0. The Labute approximate surface area is 117 Å². The summed E-state index contributed by atoms with van der Waals surface area (Å²) >= 11 is 0. The molecule has 108 valence electrons. The summed E-state index contributed by atoms with van der Waals surface area (Å²) in [6.07, 6.45) is 4.27. The largest absolute Gasteiger partial charge is 0.379 e. The minimum absolute atomic E-state index is 0.591. The van der Waals surface area contributed by atoms with Gasteiger partial charge in [-0.15, -0.1) is 0 Å². The van der Waals surface area contributed by atoms with Gasteiger partial charge in [-0.3, -0.25) is 0 Å². The maximum Gasteiger partial charge on any atom is 0.226 e. The van der Waals surface area contributed by atoms with Crippen LogP contribution >= 0.6 is 0 Å². The zero-order chi connectivity index (χ0) is 13.8. The first-order valence-electron chi connectivity index (χ1n) is 7.13. The van der Waals surface area contributed by atoms with E-state index < -0.39 is 0 Å². The second-order valence-electron chi connectivity index (χ2n) is 4.97. The van der Waals surface area contributed by atoms with Crippen molar-refractivity contribution in [1.82, 2.24) is 19.9 Å². The summed E-state index contributed by atoms with van der Waals surface area (Å²) in [5.74, 6) is 2.15. The predicted octanol–water partition coefficient (Wildman–Crippen LogP) is 1.62. The van der Waals surface area contributed by atoms with Gasteiger partial charge in [0.2, 0.25) is 5.95 Å². The molecule has 7 nitrogen and oxygen atoms in total. The number of H-pyrrole nitrogens is 1. The van der Waals surface area contributed by atoms with Crippen LogP contribution in [0.3, 0.4) is 0 Å². The van der Waals surface area contributed by atoms with Gasteiger partial charge >= 0.3 is 0 Å². The van der Waals surface area contributed by atoms with Gasteiger partial charge in [0.25, 0.3) is 0 Å². The van der Waals surface area contributed by atoms with Gasteiger partial charge < -0.3 is 20.4 Å². The number of nitrogens with one attached hydrogen (secondary N) is 3. The third-order valence-electron chi connectivity index (χ3n) is 3.21. The molecule has 0 aromatic carbocycles. The van der Waals surface area contributed by atoms with Crippen molar-refractivity contribution in [3.8, 4) is 0 Å². The zero-order valence-corrected chi connectivity index (χ0v) is 11.6. The summed E-state index contributed by atoms with van der Waals surface area (Å²) < 4.78 is 5.60. The Morgan fingerprint density at radius 1 is 1.35 bits per heavy atom. The van der Waals surface area contributed by atoms with E-state index in [1.807, 2.05) is 6.92 Å². The number of aromatic nitrogens is 4. The van der Waals surface area contributed by atoms with Gasteiger partial charge in [-0.1, -0.05) is 0 Å². The van der Waals surface area contributed by atoms with Crippen molar-refractivity contribution in [2.75, 3.05) is 36.9 Å². The van der Waals surface area contributed by atoms with Crippen LogP contribution in [0.15, 0.2) is 6.33 Å². The van der Waals surface area contributed by atoms with E-state index in [-0.39, 0.29) is 0 Å². The summed E-state index contributed by atoms with van der Waals surface area (Å²) in [6, 6.07) is 0. The first-order chi connectivity index (χ1) is 9.86. The Morgan fingerprint density at radius 3 is 3.05 bits per heavy atom. The van der Waals surface area contributed by atoms with Gasteiger partial charge in [0.05, 0.1) is 12.9 Å². The molecule has 7 heteroatoms. The number of hydrogen-bond acceptors (Lipinski definition) is 6. The quantitative estimate of drug-likeness (QED) is 0.635. The van der Waals surface area contributed by atoms with E-state index in [0.717, 1.165) is 36.9 Å². The number of imidazole rings is 1. The van der Waals surface area contributed by atoms with Gasteiger partial charge in [0.15, 0.2) is 11.5 Å². The van der Waals surface area contributed by atoms with Crippen LogP contribution < -0.4 is 10.6 Å². The molecule has 1 aliphatic rings. The molecule has 2 heterocycles. The molecule has 2 aromatic heterocycles. The molecule has 0 saturated heterocycles. The zero-order valence-electron chi connectivity index (χ0n) is 11.6. The maximum absolute atomic E-state index is 5.60. The van der Waals surface area contributed by atoms with Crippen LogP contribution in [0, 0.1) is 5.92 Å². The van der Waals surface area contributed by atoms with Crippen molar-refractivity contribution < 1.29 is 4.74 Å². The van der Waals surface area contributed by atoms with E-state index in [1.54, 1.807) is 6.33 Å². The van der Waals surface area contributed by atoms with Crippen LogP contribution in [0.25, 0.3) is 11.2 Å². The lowest BCUT2D eigenvalue weighted by molar-refractivity contribution is 0.134. The number of ether oxygens (including phenoxy) is 1. The van der Waals surface area contributed by atoms with Gasteiger partial charge in [0, 0.05) is 19.7 Å². The number of hydrogen-bond donors (Lipinski definition) is 3. The SMILES string of the molecule is CCNc1nc(NCCOCC2CC2)c2[nH]cnc2n1. The van der Waals surface area contributed by atoms with Gasteiger partial charge in [-0.2, -0.15) is 9.97 Å². The molecule has 0 atom stereocenters. The molecule has 0 radical (unpaired) electrons. The van der Waals surface area contributed by atoms with Crippen LogP contribution in [0.5, 0.6) is 0 Å². The maximum atomic E-state index is 5.60. The lowest BCUT2D eigenvalue weighted by Crippen LogP contribution is -2.13. The Kier molecular flexibility index (Phi) is 3.96. The van der Waals surface area contributed by atoms with Gasteiger partial charge in [-0.05, 0) is 25.7 Å². The molecule has 2 aromatic rings. The predicted molar refractivity (Wildman–Crippen MR) is 77.9 cm³/mol. The summed E-state index contributed by atoms with van der Waals surface area (Å²) in [6.45, 7) is 5.08. The van der Waals surface area contributed by atoms with Crippen molar-refractivity contribution in [3.63, 3.8) is 0 Å². The molecule has 1 saturated carbocycles. The fourth-order valence-corrected chi connectivity index (χ4v) is 1.97. The summed E-state index contributed by atoms with van der Waals surface area (Å²) in [5.41, 5.74) is 1.49. The van der Waals surface area contributed by atoms with Crippen LogP contribution in [0.4, 0.5) is 11.8 Å². The molecule has 1 fully saturated rings. The first kappa shape index (κ1) is 13.1. The fourth-order valence-electron chi connectivity index (χ4n) is 1.97. The molecule has 1 aliphatic carbocycles. The minimum Gasteiger partial charge on any atom is -0.379 e. The number of nitrogens with zero attached hydrogens (tertiary/aromatic N) is 3. The highest BCUT2D eigenvalue weighted by Gasteiger charge is 2.20. The van der Waals surface area contributed by atoms with E-state index in [1.165, 1.54) is 12.8 Å². The van der Waals surface area contributed by atoms with Crippen molar-refractivity contribution in [1.29, 1.82) is 0 Å². The van der Waals surface area contributed by atoms with Crippen molar-refractivity contribution >= 4 is 22.9 Å². The van der Waals surface area contributed by atoms with Gasteiger partial charge in [-0.25, -0.2) is 4.98 Å². The second-order valence-corrected chi connectivity index (χ2v) is 4.97. The molecule has 0 aliphatic heterocycles. The van der Waals surface area contributed by atoms with E-state index in [4.69, 9.17) is 4.74 Å². The molecule has 3 N–H and O–H groups in total. The van der Waals surface area contributed by atoms with Crippen molar-refractivity contribution in [3.05, 3.63) is 6.33 Å². The normalized spacial score (nSPS) is 14.7. The first-order valence-corrected chi connectivity index (χ1v) is 7.13. The smallest absolute Gasteiger partial charge is 0.226 e. The standard InChI is InChI=1S/C13H20N6O/c1-2-14-13-18-11(10-12(19-13)17-8-16-10)15-5-6-20-7-9-3-4-9/h8-9H,2-7H2,1H3,(H3,14,15,16,17,18,19). The lowest BCUT2D eigenvalue weighted by atomic mass is 10.4. The molecule has 3 rings (SSSR count). The molecule has 20 heavy (non-hydrogen) atoms. The van der Waals surface area contributed by atoms with E-state index >= 15 is 0 Å². The second kappa shape index (κ2) is 6.04. The number of rotatable bonds is 8. The van der Waals surface area contributed by atoms with Gasteiger partial charge in [0.1, 0.15) is 5.52 Å². The molecular weight excluding hydrogens is 256 g/mol. The highest BCUT2D eigenvalue weighted by molar-refractivity contribution is 5.83. The van der Waals surface area contributed by atoms with Crippen LogP contribution in [-0.4, -0.2) is 46.2 Å².